The minimum Gasteiger partial charge on any atom is -0.348 e. The minimum absolute atomic E-state index is 0.0436. The maximum absolute atomic E-state index is 12.3. The maximum atomic E-state index is 12.3. The van der Waals surface area contributed by atoms with E-state index in [4.69, 9.17) is 11.6 Å². The number of carbonyl (C=O) groups excluding carboxylic acids is 1. The van der Waals surface area contributed by atoms with E-state index in [1.807, 2.05) is 18.2 Å². The minimum atomic E-state index is -0.0560. The summed E-state index contributed by atoms with van der Waals surface area (Å²) >= 11 is 13.1. The van der Waals surface area contributed by atoms with Crippen LogP contribution in [0.25, 0.3) is 0 Å². The molecule has 19 heavy (non-hydrogen) atoms. The van der Waals surface area contributed by atoms with Gasteiger partial charge in [0.2, 0.25) is 0 Å². The molecule has 1 N–H and O–H groups in total. The van der Waals surface area contributed by atoms with Gasteiger partial charge in [-0.15, -0.1) is 11.6 Å². The van der Waals surface area contributed by atoms with Gasteiger partial charge in [0, 0.05) is 20.6 Å². The zero-order valence-electron chi connectivity index (χ0n) is 10.5. The van der Waals surface area contributed by atoms with Crippen LogP contribution >= 0.6 is 43.5 Å². The van der Waals surface area contributed by atoms with Gasteiger partial charge in [0.1, 0.15) is 0 Å². The van der Waals surface area contributed by atoms with E-state index in [2.05, 4.69) is 37.2 Å². The first-order valence-electron chi connectivity index (χ1n) is 6.47. The Morgan fingerprint density at radius 3 is 2.42 bits per heavy atom. The summed E-state index contributed by atoms with van der Waals surface area (Å²) in [4.78, 5) is 12.3. The van der Waals surface area contributed by atoms with Gasteiger partial charge < -0.3 is 5.32 Å². The molecule has 1 aromatic carbocycles. The fraction of sp³-hybridized carbons (Fsp3) is 0.500. The monoisotopic (exact) mass is 407 g/mol. The molecule has 2 unspecified atom stereocenters. The molecular formula is C14H16Br2ClNO. The topological polar surface area (TPSA) is 29.1 Å². The number of nitrogens with one attached hydrogen (secondary N) is 1. The first kappa shape index (κ1) is 15.3. The third kappa shape index (κ3) is 4.47. The van der Waals surface area contributed by atoms with Crippen molar-refractivity contribution in [1.29, 1.82) is 0 Å². The lowest BCUT2D eigenvalue weighted by molar-refractivity contribution is 0.0934. The van der Waals surface area contributed by atoms with E-state index in [1.165, 1.54) is 6.42 Å². The molecule has 104 valence electrons. The normalized spacial score (nSPS) is 23.7. The van der Waals surface area contributed by atoms with Crippen LogP contribution in [0.5, 0.6) is 0 Å². The van der Waals surface area contributed by atoms with Gasteiger partial charge in [0.15, 0.2) is 0 Å². The standard InChI is InChI=1S/C14H16Br2ClNO/c15-10-6-9(7-11(16)8-10)14(19)18-13-5-3-1-2-4-12(13)17/h6-8,12-13H,1-5H2,(H,18,19). The molecule has 0 radical (unpaired) electrons. The molecule has 1 aliphatic rings. The van der Waals surface area contributed by atoms with Crippen LogP contribution in [0.3, 0.4) is 0 Å². The van der Waals surface area contributed by atoms with Gasteiger partial charge in [-0.05, 0) is 31.0 Å². The van der Waals surface area contributed by atoms with Crippen LogP contribution in [0.1, 0.15) is 42.5 Å². The molecule has 0 aliphatic heterocycles. The summed E-state index contributed by atoms with van der Waals surface area (Å²) in [6, 6.07) is 5.63. The molecule has 1 aromatic rings. The Labute approximate surface area is 135 Å². The molecule has 2 rings (SSSR count). The summed E-state index contributed by atoms with van der Waals surface area (Å²) in [5.74, 6) is -0.0560. The predicted octanol–water partition coefficient (Wildman–Crippen LogP) is 4.88. The Kier molecular flexibility index (Phi) is 5.72. The van der Waals surface area contributed by atoms with E-state index in [0.29, 0.717) is 5.56 Å². The lowest BCUT2D eigenvalue weighted by Crippen LogP contribution is -2.40. The van der Waals surface area contributed by atoms with Gasteiger partial charge >= 0.3 is 0 Å². The molecule has 1 saturated carbocycles. The second kappa shape index (κ2) is 7.09. The average Bonchev–Trinajstić information content (AvgIpc) is 2.54. The van der Waals surface area contributed by atoms with Crippen molar-refractivity contribution in [2.24, 2.45) is 0 Å². The second-order valence-electron chi connectivity index (χ2n) is 4.89. The predicted molar refractivity (Wildman–Crippen MR) is 85.8 cm³/mol. The molecule has 0 spiro atoms. The average molecular weight is 410 g/mol. The van der Waals surface area contributed by atoms with Crippen molar-refractivity contribution >= 4 is 49.4 Å². The molecule has 0 heterocycles. The lowest BCUT2D eigenvalue weighted by Gasteiger charge is -2.21. The van der Waals surface area contributed by atoms with E-state index >= 15 is 0 Å². The first-order chi connectivity index (χ1) is 9.06. The number of amides is 1. The van der Waals surface area contributed by atoms with Gasteiger partial charge in [0.25, 0.3) is 5.91 Å². The van der Waals surface area contributed by atoms with E-state index < -0.39 is 0 Å². The Morgan fingerprint density at radius 1 is 1.11 bits per heavy atom. The van der Waals surface area contributed by atoms with Crippen LogP contribution in [0, 0.1) is 0 Å². The molecule has 1 aliphatic carbocycles. The third-order valence-corrected chi connectivity index (χ3v) is 4.81. The highest BCUT2D eigenvalue weighted by Gasteiger charge is 2.23. The number of halogens is 3. The molecular weight excluding hydrogens is 393 g/mol. The molecule has 1 fully saturated rings. The lowest BCUT2D eigenvalue weighted by atomic mass is 10.1. The summed E-state index contributed by atoms with van der Waals surface area (Å²) in [5.41, 5.74) is 0.648. The van der Waals surface area contributed by atoms with Gasteiger partial charge in [0.05, 0.1) is 5.38 Å². The highest BCUT2D eigenvalue weighted by molar-refractivity contribution is 9.11. The molecule has 2 nitrogen and oxygen atoms in total. The molecule has 2 atom stereocenters. The summed E-state index contributed by atoms with van der Waals surface area (Å²) < 4.78 is 1.77. The third-order valence-electron chi connectivity index (χ3n) is 3.37. The van der Waals surface area contributed by atoms with Gasteiger partial charge in [-0.2, -0.15) is 0 Å². The fourth-order valence-corrected chi connectivity index (χ4v) is 4.00. The Balaban J connectivity index is 2.07. The highest BCUT2D eigenvalue weighted by Crippen LogP contribution is 2.24. The summed E-state index contributed by atoms with van der Waals surface area (Å²) in [7, 11) is 0. The van der Waals surface area contributed by atoms with Crippen LogP contribution < -0.4 is 5.32 Å². The van der Waals surface area contributed by atoms with Crippen LogP contribution in [-0.2, 0) is 0 Å². The molecule has 0 saturated heterocycles. The highest BCUT2D eigenvalue weighted by atomic mass is 79.9. The van der Waals surface area contributed by atoms with Crippen LogP contribution in [-0.4, -0.2) is 17.3 Å². The van der Waals surface area contributed by atoms with E-state index in [0.717, 1.165) is 34.6 Å². The van der Waals surface area contributed by atoms with Crippen LogP contribution in [0.2, 0.25) is 0 Å². The summed E-state index contributed by atoms with van der Waals surface area (Å²) in [6.45, 7) is 0. The molecule has 5 heteroatoms. The smallest absolute Gasteiger partial charge is 0.251 e. The van der Waals surface area contributed by atoms with Crippen molar-refractivity contribution in [1.82, 2.24) is 5.32 Å². The van der Waals surface area contributed by atoms with Gasteiger partial charge in [-0.1, -0.05) is 51.1 Å². The zero-order chi connectivity index (χ0) is 13.8. The zero-order valence-corrected chi connectivity index (χ0v) is 14.4. The first-order valence-corrected chi connectivity index (χ1v) is 8.49. The number of hydrogen-bond acceptors (Lipinski definition) is 1. The quantitative estimate of drug-likeness (QED) is 0.547. The van der Waals surface area contributed by atoms with E-state index in [9.17, 15) is 4.79 Å². The van der Waals surface area contributed by atoms with Crippen LogP contribution in [0.4, 0.5) is 0 Å². The van der Waals surface area contributed by atoms with Crippen molar-refractivity contribution in [3.8, 4) is 0 Å². The maximum Gasteiger partial charge on any atom is 0.251 e. The Bertz CT molecular complexity index is 447. The van der Waals surface area contributed by atoms with Gasteiger partial charge in [-0.25, -0.2) is 0 Å². The van der Waals surface area contributed by atoms with Gasteiger partial charge in [-0.3, -0.25) is 4.79 Å². The summed E-state index contributed by atoms with van der Waals surface area (Å²) in [6.07, 6.45) is 5.45. The second-order valence-corrected chi connectivity index (χ2v) is 7.28. The largest absolute Gasteiger partial charge is 0.348 e. The number of hydrogen-bond donors (Lipinski definition) is 1. The number of carbonyl (C=O) groups is 1. The Morgan fingerprint density at radius 2 is 1.74 bits per heavy atom. The molecule has 1 amide bonds. The van der Waals surface area contributed by atoms with Crippen molar-refractivity contribution in [2.45, 2.75) is 43.5 Å². The molecule has 0 aromatic heterocycles. The van der Waals surface area contributed by atoms with Crippen molar-refractivity contribution in [2.75, 3.05) is 0 Å². The Hall–Kier alpha value is -0.0600. The SMILES string of the molecule is O=C(NC1CCCCCC1Cl)c1cc(Br)cc(Br)c1. The van der Waals surface area contributed by atoms with Crippen molar-refractivity contribution < 1.29 is 4.79 Å². The number of alkyl halides is 1. The summed E-state index contributed by atoms with van der Waals surface area (Å²) in [5, 5.41) is 3.11. The van der Waals surface area contributed by atoms with Crippen molar-refractivity contribution in [3.63, 3.8) is 0 Å². The number of rotatable bonds is 2. The van der Waals surface area contributed by atoms with E-state index in [-0.39, 0.29) is 17.3 Å². The van der Waals surface area contributed by atoms with E-state index in [1.54, 1.807) is 0 Å². The number of benzene rings is 1. The molecule has 0 bridgehead atoms. The van der Waals surface area contributed by atoms with Crippen LogP contribution in [0.15, 0.2) is 27.1 Å². The fourth-order valence-electron chi connectivity index (χ4n) is 2.36. The van der Waals surface area contributed by atoms with Crippen molar-refractivity contribution in [3.05, 3.63) is 32.7 Å².